The van der Waals surface area contributed by atoms with E-state index in [9.17, 15) is 0 Å². The highest BCUT2D eigenvalue weighted by atomic mass is 32.1. The molecule has 0 aliphatic rings. The van der Waals surface area contributed by atoms with Crippen LogP contribution in [0.3, 0.4) is 0 Å². The van der Waals surface area contributed by atoms with E-state index in [0.717, 1.165) is 27.3 Å². The highest BCUT2D eigenvalue weighted by molar-refractivity contribution is 7.15. The van der Waals surface area contributed by atoms with E-state index in [4.69, 9.17) is 4.98 Å². The molecule has 0 spiro atoms. The third-order valence-corrected chi connectivity index (χ3v) is 6.94. The third kappa shape index (κ3) is 4.70. The molecule has 188 valence electrons. The number of pyridine rings is 2. The topological polar surface area (TPSA) is 95.2 Å². The Morgan fingerprint density at radius 3 is 2.68 bits per heavy atom. The normalized spacial score (nSPS) is 13.6. The maximum atomic E-state index is 16.4. The van der Waals surface area contributed by atoms with Gasteiger partial charge in [-0.1, -0.05) is 12.2 Å². The van der Waals surface area contributed by atoms with Crippen LogP contribution >= 0.6 is 11.3 Å². The number of imidazole rings is 1. The molecule has 5 rings (SSSR count). The van der Waals surface area contributed by atoms with Crippen molar-refractivity contribution in [3.63, 3.8) is 0 Å². The minimum absolute atomic E-state index is 0.229. The monoisotopic (exact) mass is 513 g/mol. The van der Waals surface area contributed by atoms with E-state index in [-0.39, 0.29) is 6.04 Å². The molecule has 0 saturated heterocycles. The predicted molar refractivity (Wildman–Crippen MR) is 150 cm³/mol. The van der Waals surface area contributed by atoms with Gasteiger partial charge in [-0.25, -0.2) is 9.37 Å². The molecule has 9 heteroatoms. The molecule has 0 fully saturated rings. The maximum Gasteiger partial charge on any atom is 0.159 e. The van der Waals surface area contributed by atoms with Crippen molar-refractivity contribution >= 4 is 45.5 Å². The van der Waals surface area contributed by atoms with Crippen molar-refractivity contribution in [3.05, 3.63) is 69.9 Å². The molecule has 3 N–H and O–H groups in total. The van der Waals surface area contributed by atoms with E-state index in [1.54, 1.807) is 42.1 Å². The third-order valence-electron chi connectivity index (χ3n) is 5.93. The molecule has 0 aliphatic carbocycles. The number of nitrogens with zero attached hydrogens (tertiary/aromatic N) is 4. The second-order valence-corrected chi connectivity index (χ2v) is 10.3. The minimum Gasteiger partial charge on any atom is -0.382 e. The molecule has 0 radical (unpaired) electrons. The number of hydrogen-bond donors (Lipinski definition) is 3. The molecule has 5 heterocycles. The molecular weight excluding hydrogens is 485 g/mol. The largest absolute Gasteiger partial charge is 0.382 e. The molecule has 5 aromatic heterocycles. The van der Waals surface area contributed by atoms with Crippen molar-refractivity contribution in [2.75, 3.05) is 5.32 Å². The highest BCUT2D eigenvalue weighted by Crippen LogP contribution is 2.32. The fourth-order valence-corrected chi connectivity index (χ4v) is 5.17. The van der Waals surface area contributed by atoms with Crippen LogP contribution in [0.15, 0.2) is 48.9 Å². The van der Waals surface area contributed by atoms with Gasteiger partial charge in [0.25, 0.3) is 0 Å². The molecule has 0 atom stereocenters. The van der Waals surface area contributed by atoms with E-state index >= 15 is 4.39 Å². The predicted octanol–water partition coefficient (Wildman–Crippen LogP) is 5.58. The van der Waals surface area contributed by atoms with Crippen molar-refractivity contribution in [2.24, 2.45) is 0 Å². The number of halogens is 1. The lowest BCUT2D eigenvalue weighted by Crippen LogP contribution is -2.26. The number of aromatic amines is 2. The molecular formula is C28H28FN7S. The van der Waals surface area contributed by atoms with Crippen molar-refractivity contribution in [3.8, 4) is 22.1 Å². The van der Waals surface area contributed by atoms with E-state index in [1.165, 1.54) is 4.88 Å². The number of H-pyrrole nitrogens is 2. The van der Waals surface area contributed by atoms with Crippen molar-refractivity contribution in [1.82, 2.24) is 30.1 Å². The van der Waals surface area contributed by atoms with Crippen LogP contribution in [0.2, 0.25) is 0 Å². The zero-order valence-corrected chi connectivity index (χ0v) is 22.2. The Balaban J connectivity index is 1.68. The molecule has 0 saturated carbocycles. The first-order valence-corrected chi connectivity index (χ1v) is 12.9. The fourth-order valence-electron chi connectivity index (χ4n) is 4.30. The Hall–Kier alpha value is -4.11. The lowest BCUT2D eigenvalue weighted by Gasteiger charge is -2.12. The Morgan fingerprint density at radius 1 is 1.14 bits per heavy atom. The second kappa shape index (κ2) is 10.1. The van der Waals surface area contributed by atoms with Crippen LogP contribution in [0.5, 0.6) is 0 Å². The number of aryl methyl sites for hydroxylation is 1. The number of thiophene rings is 1. The molecule has 7 nitrogen and oxygen atoms in total. The summed E-state index contributed by atoms with van der Waals surface area (Å²) in [6.45, 7) is 9.81. The summed E-state index contributed by atoms with van der Waals surface area (Å²) in [5.74, 6) is 0.0614. The second-order valence-electron chi connectivity index (χ2n) is 8.98. The SMILES string of the molecule is C/C=C(/C(F)=c1/c(-c2nc3c(-c4ccc(C)s4)nccc3[nH]2)n[nH]/c1=C/C)c1cncc(NC(C)C)c1. The average Bonchev–Trinajstić information content (AvgIpc) is 3.61. The molecule has 0 unspecified atom stereocenters. The van der Waals surface area contributed by atoms with E-state index in [0.29, 0.717) is 33.2 Å². The van der Waals surface area contributed by atoms with E-state index in [2.05, 4.69) is 43.5 Å². The van der Waals surface area contributed by atoms with Crippen LogP contribution in [-0.4, -0.2) is 36.2 Å². The molecule has 0 aromatic carbocycles. The van der Waals surface area contributed by atoms with Crippen LogP contribution < -0.4 is 15.9 Å². The van der Waals surface area contributed by atoms with Gasteiger partial charge in [0.05, 0.1) is 26.6 Å². The fraction of sp³-hybridized carbons (Fsp3) is 0.214. The van der Waals surface area contributed by atoms with E-state index < -0.39 is 5.83 Å². The Morgan fingerprint density at radius 2 is 1.97 bits per heavy atom. The van der Waals surface area contributed by atoms with Crippen LogP contribution in [0, 0.1) is 6.92 Å². The summed E-state index contributed by atoms with van der Waals surface area (Å²) in [4.78, 5) is 19.3. The van der Waals surface area contributed by atoms with Crippen molar-refractivity contribution in [2.45, 2.75) is 40.7 Å². The Bertz CT molecular complexity index is 1740. The Labute approximate surface area is 217 Å². The summed E-state index contributed by atoms with van der Waals surface area (Å²) in [6, 6.07) is 8.10. The van der Waals surface area contributed by atoms with Crippen LogP contribution in [0.25, 0.3) is 50.6 Å². The Kier molecular flexibility index (Phi) is 6.71. The summed E-state index contributed by atoms with van der Waals surface area (Å²) in [7, 11) is 0. The van der Waals surface area contributed by atoms with Crippen LogP contribution in [0.4, 0.5) is 10.1 Å². The van der Waals surface area contributed by atoms with Gasteiger partial charge in [-0.2, -0.15) is 5.10 Å². The number of allylic oxidation sites excluding steroid dienone is 2. The number of nitrogens with one attached hydrogen (secondary N) is 3. The smallest absolute Gasteiger partial charge is 0.159 e. The first kappa shape index (κ1) is 24.6. The first-order chi connectivity index (χ1) is 17.9. The van der Waals surface area contributed by atoms with E-state index in [1.807, 2.05) is 45.9 Å². The van der Waals surface area contributed by atoms with Crippen molar-refractivity contribution < 1.29 is 4.39 Å². The van der Waals surface area contributed by atoms with Gasteiger partial charge < -0.3 is 10.3 Å². The van der Waals surface area contributed by atoms with Crippen molar-refractivity contribution in [1.29, 1.82) is 0 Å². The van der Waals surface area contributed by atoms with Gasteiger partial charge in [0.1, 0.15) is 22.7 Å². The number of anilines is 1. The number of fused-ring (bicyclic) bond motifs is 1. The zero-order chi connectivity index (χ0) is 26.1. The molecule has 0 aliphatic heterocycles. The molecule has 37 heavy (non-hydrogen) atoms. The van der Waals surface area contributed by atoms with Gasteiger partial charge >= 0.3 is 0 Å². The summed E-state index contributed by atoms with van der Waals surface area (Å²) in [5, 5.41) is 11.7. The minimum atomic E-state index is -0.407. The molecule has 5 aromatic rings. The van der Waals surface area contributed by atoms with Gasteiger partial charge in [0.2, 0.25) is 0 Å². The summed E-state index contributed by atoms with van der Waals surface area (Å²) in [6.07, 6.45) is 8.70. The van der Waals surface area contributed by atoms with Crippen LogP contribution in [-0.2, 0) is 0 Å². The maximum absolute atomic E-state index is 16.4. The van der Waals surface area contributed by atoms with Gasteiger partial charge in [0.15, 0.2) is 5.82 Å². The van der Waals surface area contributed by atoms with Crippen LogP contribution in [0.1, 0.15) is 38.1 Å². The number of hydrogen-bond acceptors (Lipinski definition) is 6. The quantitative estimate of drug-likeness (QED) is 0.275. The molecule has 0 amide bonds. The van der Waals surface area contributed by atoms with Gasteiger partial charge in [-0.05, 0) is 58.9 Å². The first-order valence-electron chi connectivity index (χ1n) is 12.1. The standard InChI is InChI=1S/C28H28FN7S/c1-6-19(17-12-18(14-30-13-17)32-15(3)4)24(29)23-20(7-2)35-36-27(23)28-33-21-10-11-31-26(25(21)34-28)22-9-8-16(5)37-22/h6-15,32,35H,1-5H3,(H,33,34)/b19-6+,20-7+,24-23-. The molecule has 0 bridgehead atoms. The average molecular weight is 514 g/mol. The lowest BCUT2D eigenvalue weighted by molar-refractivity contribution is 0.764. The summed E-state index contributed by atoms with van der Waals surface area (Å²) in [5.41, 5.74) is 4.65. The number of aromatic nitrogens is 6. The summed E-state index contributed by atoms with van der Waals surface area (Å²) < 4.78 is 16.4. The zero-order valence-electron chi connectivity index (χ0n) is 21.3. The summed E-state index contributed by atoms with van der Waals surface area (Å²) >= 11 is 1.66. The number of rotatable bonds is 6. The van der Waals surface area contributed by atoms with Gasteiger partial charge in [-0.3, -0.25) is 15.1 Å². The van der Waals surface area contributed by atoms with Gasteiger partial charge in [-0.15, -0.1) is 11.3 Å². The highest BCUT2D eigenvalue weighted by Gasteiger charge is 2.19. The van der Waals surface area contributed by atoms with Gasteiger partial charge in [0, 0.05) is 40.6 Å². The lowest BCUT2D eigenvalue weighted by atomic mass is 10.0.